The molecule has 1 N–H and O–H groups in total. The Morgan fingerprint density at radius 3 is 2.33 bits per heavy atom. The van der Waals surface area contributed by atoms with Gasteiger partial charge in [-0.25, -0.2) is 22.3 Å². The molecular formula is C22H24FN5O4S. The lowest BCUT2D eigenvalue weighted by Crippen LogP contribution is -2.32. The fourth-order valence-corrected chi connectivity index (χ4v) is 5.23. The first-order chi connectivity index (χ1) is 15.8. The third-order valence-electron chi connectivity index (χ3n) is 5.57. The second-order valence-electron chi connectivity index (χ2n) is 7.79. The van der Waals surface area contributed by atoms with Crippen molar-refractivity contribution in [3.8, 4) is 11.4 Å². The van der Waals surface area contributed by atoms with E-state index in [2.05, 4.69) is 10.4 Å². The van der Waals surface area contributed by atoms with Gasteiger partial charge < -0.3 is 5.32 Å². The van der Waals surface area contributed by atoms with Gasteiger partial charge >= 0.3 is 5.69 Å². The van der Waals surface area contributed by atoms with Crippen molar-refractivity contribution in [2.75, 3.05) is 19.6 Å². The summed E-state index contributed by atoms with van der Waals surface area (Å²) in [5.74, 6) is -0.378. The highest BCUT2D eigenvalue weighted by molar-refractivity contribution is 7.89. The van der Waals surface area contributed by atoms with E-state index in [1.807, 2.05) is 0 Å². The molecule has 1 aliphatic rings. The molecular weight excluding hydrogens is 449 g/mol. The quantitative estimate of drug-likeness (QED) is 0.561. The number of halogens is 1. The lowest BCUT2D eigenvalue weighted by molar-refractivity contribution is 0.0951. The van der Waals surface area contributed by atoms with Crippen LogP contribution in [-0.4, -0.2) is 52.6 Å². The third kappa shape index (κ3) is 4.74. The van der Waals surface area contributed by atoms with Crippen molar-refractivity contribution in [1.29, 1.82) is 0 Å². The van der Waals surface area contributed by atoms with Crippen molar-refractivity contribution >= 4 is 15.9 Å². The first kappa shape index (κ1) is 22.9. The van der Waals surface area contributed by atoms with E-state index in [1.54, 1.807) is 7.05 Å². The van der Waals surface area contributed by atoms with Gasteiger partial charge in [-0.3, -0.25) is 9.36 Å². The van der Waals surface area contributed by atoms with Gasteiger partial charge in [-0.2, -0.15) is 4.31 Å². The van der Waals surface area contributed by atoms with Crippen LogP contribution in [0, 0.1) is 5.82 Å². The average Bonchev–Trinajstić information content (AvgIpc) is 3.45. The molecule has 3 aromatic rings. The number of rotatable bonds is 7. The summed E-state index contributed by atoms with van der Waals surface area (Å²) in [7, 11) is -1.96. The van der Waals surface area contributed by atoms with Gasteiger partial charge in [0.1, 0.15) is 5.82 Å². The van der Waals surface area contributed by atoms with Gasteiger partial charge in [-0.05, 0) is 61.4 Å². The van der Waals surface area contributed by atoms with E-state index < -0.39 is 10.0 Å². The van der Waals surface area contributed by atoms with E-state index in [0.29, 0.717) is 30.0 Å². The van der Waals surface area contributed by atoms with Crippen molar-refractivity contribution < 1.29 is 17.6 Å². The molecule has 174 valence electrons. The highest BCUT2D eigenvalue weighted by atomic mass is 32.2. The Morgan fingerprint density at radius 1 is 1.06 bits per heavy atom. The van der Waals surface area contributed by atoms with Crippen LogP contribution in [0.2, 0.25) is 0 Å². The largest absolute Gasteiger partial charge is 0.350 e. The number of nitrogens with zero attached hydrogens (tertiary/aromatic N) is 4. The van der Waals surface area contributed by atoms with Crippen molar-refractivity contribution in [2.24, 2.45) is 7.05 Å². The summed E-state index contributed by atoms with van der Waals surface area (Å²) in [4.78, 5) is 25.0. The first-order valence-electron chi connectivity index (χ1n) is 10.6. The number of amides is 1. The molecule has 0 spiro atoms. The summed E-state index contributed by atoms with van der Waals surface area (Å²) in [5.41, 5.74) is 0.554. The third-order valence-corrected chi connectivity index (χ3v) is 7.48. The van der Waals surface area contributed by atoms with Gasteiger partial charge in [-0.15, -0.1) is 5.10 Å². The van der Waals surface area contributed by atoms with Gasteiger partial charge in [-0.1, -0.05) is 0 Å². The number of aromatic nitrogens is 3. The molecule has 11 heteroatoms. The molecule has 33 heavy (non-hydrogen) atoms. The fraction of sp³-hybridized carbons (Fsp3) is 0.318. The smallest absolute Gasteiger partial charge is 0.345 e. The zero-order chi connectivity index (χ0) is 23.6. The van der Waals surface area contributed by atoms with Crippen LogP contribution in [0.15, 0.2) is 58.2 Å². The second kappa shape index (κ2) is 9.28. The molecule has 0 radical (unpaired) electrons. The number of hydrogen-bond donors (Lipinski definition) is 1. The topological polar surface area (TPSA) is 106 Å². The van der Waals surface area contributed by atoms with Gasteiger partial charge in [0.25, 0.3) is 5.91 Å². The number of carbonyl (C=O) groups is 1. The van der Waals surface area contributed by atoms with Gasteiger partial charge in [0.2, 0.25) is 10.0 Å². The number of hydrogen-bond acceptors (Lipinski definition) is 5. The molecule has 0 saturated carbocycles. The van der Waals surface area contributed by atoms with Crippen LogP contribution in [0.3, 0.4) is 0 Å². The minimum Gasteiger partial charge on any atom is -0.350 e. The van der Waals surface area contributed by atoms with Crippen LogP contribution in [0.25, 0.3) is 11.4 Å². The molecule has 1 fully saturated rings. The zero-order valence-corrected chi connectivity index (χ0v) is 18.9. The van der Waals surface area contributed by atoms with Crippen molar-refractivity contribution in [2.45, 2.75) is 24.3 Å². The van der Waals surface area contributed by atoms with Crippen LogP contribution in [0.4, 0.5) is 4.39 Å². The Hall–Kier alpha value is -3.31. The predicted octanol–water partition coefficient (Wildman–Crippen LogP) is 1.60. The Morgan fingerprint density at radius 2 is 1.70 bits per heavy atom. The van der Waals surface area contributed by atoms with Crippen molar-refractivity contribution in [3.05, 3.63) is 70.4 Å². The average molecular weight is 474 g/mol. The van der Waals surface area contributed by atoms with Crippen molar-refractivity contribution in [1.82, 2.24) is 24.0 Å². The fourth-order valence-electron chi connectivity index (χ4n) is 3.72. The summed E-state index contributed by atoms with van der Waals surface area (Å²) in [6.07, 6.45) is 1.70. The molecule has 2 heterocycles. The summed E-state index contributed by atoms with van der Waals surface area (Å²) in [5, 5.41) is 6.98. The second-order valence-corrected chi connectivity index (χ2v) is 9.72. The number of nitrogens with one attached hydrogen (secondary N) is 1. The maximum Gasteiger partial charge on any atom is 0.345 e. The molecule has 1 aliphatic heterocycles. The highest BCUT2D eigenvalue weighted by Gasteiger charge is 2.27. The van der Waals surface area contributed by atoms with Gasteiger partial charge in [0.05, 0.1) is 11.4 Å². The molecule has 9 nitrogen and oxygen atoms in total. The predicted molar refractivity (Wildman–Crippen MR) is 120 cm³/mol. The standard InChI is InChI=1S/C22H24FN5O4S/c1-26-20(16-4-8-18(23)9-5-16)25-28(22(26)30)15-12-24-21(29)17-6-10-19(11-7-17)33(31,32)27-13-2-3-14-27/h4-11H,2-3,12-15H2,1H3,(H,24,29). The molecule has 0 bridgehead atoms. The SMILES string of the molecule is Cn1c(-c2ccc(F)cc2)nn(CCNC(=O)c2ccc(S(=O)(=O)N3CCCC3)cc2)c1=O. The Labute approximate surface area is 190 Å². The highest BCUT2D eigenvalue weighted by Crippen LogP contribution is 2.21. The number of benzene rings is 2. The summed E-state index contributed by atoms with van der Waals surface area (Å²) >= 11 is 0. The van der Waals surface area contributed by atoms with Gasteiger partial charge in [0.15, 0.2) is 5.82 Å². The molecule has 1 saturated heterocycles. The van der Waals surface area contributed by atoms with Crippen LogP contribution in [-0.2, 0) is 23.6 Å². The van der Waals surface area contributed by atoms with E-state index in [4.69, 9.17) is 0 Å². The molecule has 1 amide bonds. The zero-order valence-electron chi connectivity index (χ0n) is 18.1. The Bertz CT molecular complexity index is 1310. The molecule has 4 rings (SSSR count). The van der Waals surface area contributed by atoms with E-state index in [0.717, 1.165) is 12.8 Å². The monoisotopic (exact) mass is 473 g/mol. The maximum atomic E-state index is 13.2. The van der Waals surface area contributed by atoms with Crippen LogP contribution >= 0.6 is 0 Å². The normalized spacial score (nSPS) is 14.5. The number of sulfonamides is 1. The minimum absolute atomic E-state index is 0.140. The molecule has 0 unspecified atom stereocenters. The lowest BCUT2D eigenvalue weighted by Gasteiger charge is -2.15. The van der Waals surface area contributed by atoms with E-state index in [9.17, 15) is 22.4 Å². The lowest BCUT2D eigenvalue weighted by atomic mass is 10.2. The minimum atomic E-state index is -3.53. The van der Waals surface area contributed by atoms with Crippen LogP contribution in [0.5, 0.6) is 0 Å². The molecule has 0 atom stereocenters. The number of carbonyl (C=O) groups excluding carboxylic acids is 1. The first-order valence-corrected chi connectivity index (χ1v) is 12.0. The van der Waals surface area contributed by atoms with E-state index in [-0.39, 0.29) is 35.4 Å². The van der Waals surface area contributed by atoms with Crippen LogP contribution < -0.4 is 11.0 Å². The van der Waals surface area contributed by atoms with Crippen LogP contribution in [0.1, 0.15) is 23.2 Å². The van der Waals surface area contributed by atoms with E-state index >= 15 is 0 Å². The molecule has 1 aromatic heterocycles. The van der Waals surface area contributed by atoms with E-state index in [1.165, 1.54) is 62.1 Å². The Balaban J connectivity index is 1.38. The summed E-state index contributed by atoms with van der Waals surface area (Å²) in [6, 6.07) is 11.5. The molecule has 2 aromatic carbocycles. The summed E-state index contributed by atoms with van der Waals surface area (Å²) in [6.45, 7) is 1.31. The maximum absolute atomic E-state index is 13.2. The summed E-state index contributed by atoms with van der Waals surface area (Å²) < 4.78 is 42.4. The Kier molecular flexibility index (Phi) is 6.43. The van der Waals surface area contributed by atoms with Gasteiger partial charge in [0, 0.05) is 37.8 Å². The van der Waals surface area contributed by atoms with Crippen molar-refractivity contribution in [3.63, 3.8) is 0 Å². The molecule has 0 aliphatic carbocycles.